The van der Waals surface area contributed by atoms with Crippen molar-refractivity contribution in [2.45, 2.75) is 25.6 Å². The summed E-state index contributed by atoms with van der Waals surface area (Å²) >= 11 is 0. The zero-order chi connectivity index (χ0) is 15.4. The molecule has 22 heavy (non-hydrogen) atoms. The predicted octanol–water partition coefficient (Wildman–Crippen LogP) is -0.354. The standard InChI is InChI=1S/C14H19N7O/c15-14-17-18-19-21(14)10-13(22)16-12-6-7-20(9-12)8-11-4-2-1-3-5-11/h1-5,12H,6-10H2,(H,16,22)(H2,15,17,19). The highest BCUT2D eigenvalue weighted by Gasteiger charge is 2.24. The van der Waals surface area contributed by atoms with Gasteiger partial charge in [0.2, 0.25) is 11.9 Å². The lowest BCUT2D eigenvalue weighted by Crippen LogP contribution is -2.39. The maximum absolute atomic E-state index is 12.0. The first-order chi connectivity index (χ1) is 10.7. The Morgan fingerprint density at radius 1 is 1.36 bits per heavy atom. The number of carbonyl (C=O) groups is 1. The lowest BCUT2D eigenvalue weighted by Gasteiger charge is -2.16. The molecular formula is C14H19N7O. The molecule has 0 spiro atoms. The van der Waals surface area contributed by atoms with Gasteiger partial charge in [-0.3, -0.25) is 9.69 Å². The quantitative estimate of drug-likeness (QED) is 0.782. The van der Waals surface area contributed by atoms with E-state index in [0.29, 0.717) is 0 Å². The zero-order valence-corrected chi connectivity index (χ0v) is 12.2. The number of rotatable bonds is 5. The van der Waals surface area contributed by atoms with Gasteiger partial charge in [0, 0.05) is 25.7 Å². The predicted molar refractivity (Wildman–Crippen MR) is 80.5 cm³/mol. The van der Waals surface area contributed by atoms with Crippen LogP contribution in [0.25, 0.3) is 0 Å². The summed E-state index contributed by atoms with van der Waals surface area (Å²) in [6.45, 7) is 2.79. The number of likely N-dealkylation sites (tertiary alicyclic amines) is 1. The molecule has 1 saturated heterocycles. The highest BCUT2D eigenvalue weighted by atomic mass is 16.2. The topological polar surface area (TPSA) is 102 Å². The number of carbonyl (C=O) groups excluding carboxylic acids is 1. The second-order valence-corrected chi connectivity index (χ2v) is 5.47. The Labute approximate surface area is 128 Å². The molecule has 2 heterocycles. The molecule has 1 aliphatic heterocycles. The van der Waals surface area contributed by atoms with Crippen LogP contribution in [0.5, 0.6) is 0 Å². The minimum Gasteiger partial charge on any atom is -0.367 e. The van der Waals surface area contributed by atoms with Crippen LogP contribution in [0.3, 0.4) is 0 Å². The van der Waals surface area contributed by atoms with Crippen LogP contribution in [0.1, 0.15) is 12.0 Å². The Morgan fingerprint density at radius 2 is 2.18 bits per heavy atom. The summed E-state index contributed by atoms with van der Waals surface area (Å²) in [7, 11) is 0. The van der Waals surface area contributed by atoms with Crippen LogP contribution >= 0.6 is 0 Å². The molecule has 1 amide bonds. The summed E-state index contributed by atoms with van der Waals surface area (Å²) < 4.78 is 1.28. The molecule has 3 rings (SSSR count). The zero-order valence-electron chi connectivity index (χ0n) is 12.2. The highest BCUT2D eigenvalue weighted by molar-refractivity contribution is 5.76. The molecule has 0 radical (unpaired) electrons. The molecule has 1 atom stereocenters. The van der Waals surface area contributed by atoms with Crippen molar-refractivity contribution in [3.63, 3.8) is 0 Å². The number of aromatic nitrogens is 4. The lowest BCUT2D eigenvalue weighted by atomic mass is 10.2. The number of nitrogens with zero attached hydrogens (tertiary/aromatic N) is 5. The van der Waals surface area contributed by atoms with Gasteiger partial charge in [-0.05, 0) is 22.4 Å². The van der Waals surface area contributed by atoms with Gasteiger partial charge in [-0.15, -0.1) is 0 Å². The van der Waals surface area contributed by atoms with E-state index in [9.17, 15) is 4.79 Å². The Kier molecular flexibility index (Phi) is 4.29. The molecule has 116 valence electrons. The van der Waals surface area contributed by atoms with E-state index in [4.69, 9.17) is 5.73 Å². The van der Waals surface area contributed by atoms with Gasteiger partial charge in [0.1, 0.15) is 6.54 Å². The van der Waals surface area contributed by atoms with Crippen molar-refractivity contribution in [1.82, 2.24) is 30.4 Å². The number of nitrogens with one attached hydrogen (secondary N) is 1. The second kappa shape index (κ2) is 6.52. The molecule has 0 bridgehead atoms. The highest BCUT2D eigenvalue weighted by Crippen LogP contribution is 2.13. The van der Waals surface area contributed by atoms with E-state index in [2.05, 4.69) is 37.9 Å². The van der Waals surface area contributed by atoms with Crippen LogP contribution in [-0.4, -0.2) is 50.1 Å². The molecule has 2 aromatic rings. The number of anilines is 1. The van der Waals surface area contributed by atoms with Gasteiger partial charge < -0.3 is 11.1 Å². The Bertz CT molecular complexity index is 627. The number of benzene rings is 1. The summed E-state index contributed by atoms with van der Waals surface area (Å²) in [5.74, 6) is 0.0258. The second-order valence-electron chi connectivity index (χ2n) is 5.47. The van der Waals surface area contributed by atoms with E-state index in [-0.39, 0.29) is 24.4 Å². The van der Waals surface area contributed by atoms with Crippen molar-refractivity contribution in [2.75, 3.05) is 18.8 Å². The van der Waals surface area contributed by atoms with Crippen molar-refractivity contribution in [3.8, 4) is 0 Å². The largest absolute Gasteiger partial charge is 0.367 e. The van der Waals surface area contributed by atoms with Crippen molar-refractivity contribution in [3.05, 3.63) is 35.9 Å². The summed E-state index contributed by atoms with van der Waals surface area (Å²) in [6, 6.07) is 10.5. The average molecular weight is 301 g/mol. The maximum atomic E-state index is 12.0. The first kappa shape index (κ1) is 14.5. The van der Waals surface area contributed by atoms with Gasteiger partial charge in [-0.25, -0.2) is 4.68 Å². The molecule has 1 fully saturated rings. The lowest BCUT2D eigenvalue weighted by molar-refractivity contribution is -0.122. The summed E-state index contributed by atoms with van der Waals surface area (Å²) in [5, 5.41) is 13.6. The molecule has 3 N–H and O–H groups in total. The molecule has 1 aliphatic rings. The van der Waals surface area contributed by atoms with Crippen molar-refractivity contribution in [2.24, 2.45) is 0 Å². The molecule has 1 aromatic heterocycles. The number of hydrogen-bond acceptors (Lipinski definition) is 6. The summed E-state index contributed by atoms with van der Waals surface area (Å²) in [6.07, 6.45) is 0.948. The van der Waals surface area contributed by atoms with Gasteiger partial charge in [0.25, 0.3) is 0 Å². The molecule has 1 aromatic carbocycles. The summed E-state index contributed by atoms with van der Waals surface area (Å²) in [4.78, 5) is 14.3. The molecule has 1 unspecified atom stereocenters. The van der Waals surface area contributed by atoms with Gasteiger partial charge in [-0.2, -0.15) is 0 Å². The summed E-state index contributed by atoms with van der Waals surface area (Å²) in [5.41, 5.74) is 6.83. The van der Waals surface area contributed by atoms with Crippen LogP contribution in [0.4, 0.5) is 5.95 Å². The van der Waals surface area contributed by atoms with E-state index in [1.165, 1.54) is 10.2 Å². The normalized spacial score (nSPS) is 18.5. The van der Waals surface area contributed by atoms with Crippen LogP contribution < -0.4 is 11.1 Å². The van der Waals surface area contributed by atoms with Gasteiger partial charge in [0.05, 0.1) is 0 Å². The van der Waals surface area contributed by atoms with Gasteiger partial charge in [0.15, 0.2) is 0 Å². The number of tetrazole rings is 1. The van der Waals surface area contributed by atoms with Crippen molar-refractivity contribution in [1.29, 1.82) is 0 Å². The smallest absolute Gasteiger partial charge is 0.242 e. The Balaban J connectivity index is 1.46. The van der Waals surface area contributed by atoms with E-state index in [1.807, 2.05) is 18.2 Å². The van der Waals surface area contributed by atoms with Crippen LogP contribution in [-0.2, 0) is 17.9 Å². The first-order valence-corrected chi connectivity index (χ1v) is 7.28. The third kappa shape index (κ3) is 3.59. The average Bonchev–Trinajstić information content (AvgIpc) is 3.10. The monoisotopic (exact) mass is 301 g/mol. The maximum Gasteiger partial charge on any atom is 0.242 e. The van der Waals surface area contributed by atoms with E-state index >= 15 is 0 Å². The fourth-order valence-electron chi connectivity index (χ4n) is 2.67. The Morgan fingerprint density at radius 3 is 2.91 bits per heavy atom. The van der Waals surface area contributed by atoms with Crippen molar-refractivity contribution < 1.29 is 4.79 Å². The van der Waals surface area contributed by atoms with Crippen LogP contribution in [0.15, 0.2) is 30.3 Å². The Hall–Kier alpha value is -2.48. The minimum absolute atomic E-state index is 0.0496. The van der Waals surface area contributed by atoms with Crippen LogP contribution in [0, 0.1) is 0 Å². The van der Waals surface area contributed by atoms with Gasteiger partial charge >= 0.3 is 0 Å². The third-order valence-electron chi connectivity index (χ3n) is 3.74. The molecular weight excluding hydrogens is 282 g/mol. The first-order valence-electron chi connectivity index (χ1n) is 7.28. The van der Waals surface area contributed by atoms with Gasteiger partial charge in [-0.1, -0.05) is 35.4 Å². The molecule has 0 saturated carbocycles. The number of amides is 1. The van der Waals surface area contributed by atoms with Crippen LogP contribution in [0.2, 0.25) is 0 Å². The van der Waals surface area contributed by atoms with E-state index in [1.54, 1.807) is 0 Å². The third-order valence-corrected chi connectivity index (χ3v) is 3.74. The fraction of sp³-hybridized carbons (Fsp3) is 0.429. The molecule has 8 nitrogen and oxygen atoms in total. The minimum atomic E-state index is -0.120. The molecule has 0 aliphatic carbocycles. The van der Waals surface area contributed by atoms with Crippen molar-refractivity contribution >= 4 is 11.9 Å². The number of nitrogen functional groups attached to an aromatic ring is 1. The molecule has 8 heteroatoms. The SMILES string of the molecule is Nc1nnnn1CC(=O)NC1CCN(Cc2ccccc2)C1. The van der Waals surface area contributed by atoms with E-state index in [0.717, 1.165) is 26.1 Å². The fourth-order valence-corrected chi connectivity index (χ4v) is 2.67. The van der Waals surface area contributed by atoms with E-state index < -0.39 is 0 Å². The number of nitrogens with two attached hydrogens (primary N) is 1. The number of hydrogen-bond donors (Lipinski definition) is 2.